The minimum absolute atomic E-state index is 0.396. The van der Waals surface area contributed by atoms with Gasteiger partial charge in [-0.25, -0.2) is 4.98 Å². The van der Waals surface area contributed by atoms with Crippen LogP contribution >= 0.6 is 0 Å². The first kappa shape index (κ1) is 11.6. The Labute approximate surface area is 99.1 Å². The Morgan fingerprint density at radius 3 is 2.82 bits per heavy atom. The smallest absolute Gasteiger partial charge is 0.309 e. The fraction of sp³-hybridized carbons (Fsp3) is 0.417. The van der Waals surface area contributed by atoms with Gasteiger partial charge in [0.05, 0.1) is 22.6 Å². The van der Waals surface area contributed by atoms with Crippen molar-refractivity contribution in [1.29, 1.82) is 0 Å². The van der Waals surface area contributed by atoms with Crippen LogP contribution in [0.2, 0.25) is 0 Å². The van der Waals surface area contributed by atoms with Crippen LogP contribution in [0.15, 0.2) is 18.5 Å². The van der Waals surface area contributed by atoms with Gasteiger partial charge >= 0.3 is 5.97 Å². The fourth-order valence-electron chi connectivity index (χ4n) is 1.71. The zero-order valence-corrected chi connectivity index (χ0v) is 10.1. The predicted octanol–water partition coefficient (Wildman–Crippen LogP) is 1.62. The summed E-state index contributed by atoms with van der Waals surface area (Å²) in [7, 11) is 1.88. The van der Waals surface area contributed by atoms with E-state index in [9.17, 15) is 4.79 Å². The lowest BCUT2D eigenvalue weighted by Gasteiger charge is -2.18. The standard InChI is InChI=1S/C12H15N3O2/c1-12(2,11(16)17)6-10-14-8-4-5-13-7-9(8)15(10)3/h4-5,7H,6H2,1-3H3,(H,16,17). The van der Waals surface area contributed by atoms with Gasteiger partial charge in [0.15, 0.2) is 0 Å². The number of pyridine rings is 1. The minimum atomic E-state index is -0.817. The van der Waals surface area contributed by atoms with Crippen LogP contribution in [0.1, 0.15) is 19.7 Å². The van der Waals surface area contributed by atoms with E-state index < -0.39 is 11.4 Å². The maximum Gasteiger partial charge on any atom is 0.309 e. The lowest BCUT2D eigenvalue weighted by atomic mass is 9.89. The van der Waals surface area contributed by atoms with Crippen molar-refractivity contribution in [1.82, 2.24) is 14.5 Å². The number of hydrogen-bond donors (Lipinski definition) is 1. The van der Waals surface area contributed by atoms with Crippen LogP contribution in [0.25, 0.3) is 11.0 Å². The first-order chi connectivity index (χ1) is 7.92. The normalized spacial score (nSPS) is 11.9. The van der Waals surface area contributed by atoms with Gasteiger partial charge in [-0.3, -0.25) is 9.78 Å². The Hall–Kier alpha value is -1.91. The molecule has 0 unspecified atom stereocenters. The molecule has 0 aliphatic heterocycles. The van der Waals surface area contributed by atoms with Gasteiger partial charge in [-0.05, 0) is 19.9 Å². The van der Waals surface area contributed by atoms with Crippen molar-refractivity contribution in [2.75, 3.05) is 0 Å². The summed E-state index contributed by atoms with van der Waals surface area (Å²) < 4.78 is 1.90. The zero-order chi connectivity index (χ0) is 12.6. The summed E-state index contributed by atoms with van der Waals surface area (Å²) in [6.07, 6.45) is 3.81. The monoisotopic (exact) mass is 233 g/mol. The Morgan fingerprint density at radius 1 is 1.53 bits per heavy atom. The second-order valence-electron chi connectivity index (χ2n) is 4.82. The summed E-state index contributed by atoms with van der Waals surface area (Å²) in [6, 6.07) is 1.83. The number of hydrogen-bond acceptors (Lipinski definition) is 3. The van der Waals surface area contributed by atoms with Crippen molar-refractivity contribution >= 4 is 17.0 Å². The van der Waals surface area contributed by atoms with Gasteiger partial charge in [-0.1, -0.05) is 0 Å². The Morgan fingerprint density at radius 2 is 2.24 bits per heavy atom. The third kappa shape index (κ3) is 2.00. The molecule has 0 aliphatic carbocycles. The summed E-state index contributed by atoms with van der Waals surface area (Å²) >= 11 is 0. The molecule has 17 heavy (non-hydrogen) atoms. The third-order valence-electron chi connectivity index (χ3n) is 2.95. The van der Waals surface area contributed by atoms with Crippen molar-refractivity contribution in [3.05, 3.63) is 24.3 Å². The number of carboxylic acid groups (broad SMARTS) is 1. The topological polar surface area (TPSA) is 68.0 Å². The largest absolute Gasteiger partial charge is 0.481 e. The lowest BCUT2D eigenvalue weighted by Crippen LogP contribution is -2.27. The number of aliphatic carboxylic acids is 1. The maximum atomic E-state index is 11.1. The van der Waals surface area contributed by atoms with Crippen LogP contribution in [-0.2, 0) is 18.3 Å². The molecule has 0 atom stereocenters. The molecule has 0 spiro atoms. The SMILES string of the molecule is Cn1c(CC(C)(C)C(=O)O)nc2ccncc21. The van der Waals surface area contributed by atoms with E-state index in [0.29, 0.717) is 6.42 Å². The fourth-order valence-corrected chi connectivity index (χ4v) is 1.71. The van der Waals surface area contributed by atoms with Crippen molar-refractivity contribution < 1.29 is 9.90 Å². The highest BCUT2D eigenvalue weighted by Crippen LogP contribution is 2.23. The highest BCUT2D eigenvalue weighted by molar-refractivity contribution is 5.76. The van der Waals surface area contributed by atoms with Gasteiger partial charge in [-0.2, -0.15) is 0 Å². The third-order valence-corrected chi connectivity index (χ3v) is 2.95. The molecule has 5 nitrogen and oxygen atoms in total. The number of aryl methyl sites for hydroxylation is 1. The van der Waals surface area contributed by atoms with E-state index in [1.54, 1.807) is 26.2 Å². The van der Waals surface area contributed by atoms with E-state index >= 15 is 0 Å². The molecule has 2 aromatic heterocycles. The van der Waals surface area contributed by atoms with Gasteiger partial charge < -0.3 is 9.67 Å². The quantitative estimate of drug-likeness (QED) is 0.874. The highest BCUT2D eigenvalue weighted by Gasteiger charge is 2.29. The number of aromatic nitrogens is 3. The lowest BCUT2D eigenvalue weighted by molar-refractivity contribution is -0.146. The zero-order valence-electron chi connectivity index (χ0n) is 10.1. The number of carbonyl (C=O) groups is 1. The van der Waals surface area contributed by atoms with Gasteiger partial charge in [-0.15, -0.1) is 0 Å². The van der Waals surface area contributed by atoms with Crippen LogP contribution in [0.5, 0.6) is 0 Å². The molecular formula is C12H15N3O2. The van der Waals surface area contributed by atoms with Gasteiger partial charge in [0.2, 0.25) is 0 Å². The summed E-state index contributed by atoms with van der Waals surface area (Å²) in [4.78, 5) is 19.6. The molecule has 1 N–H and O–H groups in total. The molecule has 0 amide bonds. The first-order valence-electron chi connectivity index (χ1n) is 5.40. The average molecular weight is 233 g/mol. The molecule has 0 bridgehead atoms. The van der Waals surface area contributed by atoms with Crippen molar-refractivity contribution in [3.63, 3.8) is 0 Å². The molecule has 5 heteroatoms. The van der Waals surface area contributed by atoms with E-state index in [4.69, 9.17) is 5.11 Å². The molecule has 2 heterocycles. The average Bonchev–Trinajstić information content (AvgIpc) is 2.56. The molecule has 0 aromatic carbocycles. The minimum Gasteiger partial charge on any atom is -0.481 e. The summed E-state index contributed by atoms with van der Waals surface area (Å²) in [5.41, 5.74) is 0.949. The molecule has 0 saturated heterocycles. The number of rotatable bonds is 3. The number of fused-ring (bicyclic) bond motifs is 1. The molecule has 2 aromatic rings. The van der Waals surface area contributed by atoms with Gasteiger partial charge in [0.1, 0.15) is 5.82 Å². The molecule has 2 rings (SSSR count). The second-order valence-corrected chi connectivity index (χ2v) is 4.82. The molecule has 0 fully saturated rings. The molecular weight excluding hydrogens is 218 g/mol. The summed E-state index contributed by atoms with van der Waals surface area (Å²) in [5, 5.41) is 9.12. The number of nitrogens with zero attached hydrogens (tertiary/aromatic N) is 3. The molecule has 0 aliphatic rings. The van der Waals surface area contributed by atoms with Crippen molar-refractivity contribution in [3.8, 4) is 0 Å². The van der Waals surface area contributed by atoms with Crippen molar-refractivity contribution in [2.45, 2.75) is 20.3 Å². The van der Waals surface area contributed by atoms with E-state index in [1.807, 2.05) is 17.7 Å². The number of carboxylic acids is 1. The Balaban J connectivity index is 2.43. The van der Waals surface area contributed by atoms with Gasteiger partial charge in [0.25, 0.3) is 0 Å². The Kier molecular flexibility index (Phi) is 2.61. The van der Waals surface area contributed by atoms with E-state index in [1.165, 1.54) is 0 Å². The summed E-state index contributed by atoms with van der Waals surface area (Å²) in [6.45, 7) is 3.40. The Bertz CT molecular complexity index is 572. The van der Waals surface area contributed by atoms with Gasteiger partial charge in [0, 0.05) is 19.7 Å². The van der Waals surface area contributed by atoms with Crippen LogP contribution in [0.4, 0.5) is 0 Å². The molecule has 0 radical (unpaired) electrons. The van der Waals surface area contributed by atoms with Crippen LogP contribution < -0.4 is 0 Å². The molecule has 0 saturated carbocycles. The van der Waals surface area contributed by atoms with Crippen LogP contribution in [-0.4, -0.2) is 25.6 Å². The van der Waals surface area contributed by atoms with E-state index in [-0.39, 0.29) is 0 Å². The maximum absolute atomic E-state index is 11.1. The van der Waals surface area contributed by atoms with E-state index in [0.717, 1.165) is 16.9 Å². The van der Waals surface area contributed by atoms with Crippen LogP contribution in [0, 0.1) is 5.41 Å². The molecule has 90 valence electrons. The second kappa shape index (κ2) is 3.84. The predicted molar refractivity (Wildman–Crippen MR) is 63.6 cm³/mol. The first-order valence-corrected chi connectivity index (χ1v) is 5.40. The van der Waals surface area contributed by atoms with E-state index in [2.05, 4.69) is 9.97 Å². The summed E-state index contributed by atoms with van der Waals surface area (Å²) in [5.74, 6) is -0.0527. The van der Waals surface area contributed by atoms with Crippen molar-refractivity contribution in [2.24, 2.45) is 12.5 Å². The van der Waals surface area contributed by atoms with Crippen LogP contribution in [0.3, 0.4) is 0 Å². The number of imidazole rings is 1. The highest BCUT2D eigenvalue weighted by atomic mass is 16.4.